The predicted molar refractivity (Wildman–Crippen MR) is 164 cm³/mol. The van der Waals surface area contributed by atoms with Crippen molar-refractivity contribution in [1.29, 1.82) is 0 Å². The van der Waals surface area contributed by atoms with Gasteiger partial charge in [0, 0.05) is 32.6 Å². The molecule has 0 saturated carbocycles. The van der Waals surface area contributed by atoms with Gasteiger partial charge in [-0.2, -0.15) is 0 Å². The molecule has 3 N–H and O–H groups in total. The summed E-state index contributed by atoms with van der Waals surface area (Å²) in [7, 11) is 1.32. The van der Waals surface area contributed by atoms with E-state index in [4.69, 9.17) is 9.47 Å². The quantitative estimate of drug-likeness (QED) is 0.166. The van der Waals surface area contributed by atoms with Crippen molar-refractivity contribution < 1.29 is 33.4 Å². The van der Waals surface area contributed by atoms with Gasteiger partial charge < -0.3 is 20.1 Å². The number of hydrogen-bond acceptors (Lipinski definition) is 9. The molecule has 1 aromatic rings. The molecular formula is C32H49N5O7. The number of carbonyl (C=O) groups is 5. The molecule has 12 heteroatoms. The first-order chi connectivity index (χ1) is 21.3. The van der Waals surface area contributed by atoms with Crippen molar-refractivity contribution in [2.24, 2.45) is 0 Å². The zero-order chi connectivity index (χ0) is 31.7. The number of hydrogen-bond donors (Lipinski definition) is 3. The van der Waals surface area contributed by atoms with Gasteiger partial charge in [0.2, 0.25) is 11.8 Å². The number of hydrazine groups is 1. The second-order valence-electron chi connectivity index (χ2n) is 11.3. The highest BCUT2D eigenvalue weighted by Gasteiger charge is 2.44. The molecule has 3 rings (SSSR count). The third-order valence-corrected chi connectivity index (χ3v) is 7.99. The molecule has 2 aliphatic heterocycles. The maximum atomic E-state index is 13.4. The van der Waals surface area contributed by atoms with Gasteiger partial charge in [-0.05, 0) is 63.9 Å². The van der Waals surface area contributed by atoms with Gasteiger partial charge in [-0.3, -0.25) is 29.5 Å². The van der Waals surface area contributed by atoms with Gasteiger partial charge in [-0.1, -0.05) is 36.8 Å². The number of methoxy groups -OCH3 is 1. The Morgan fingerprint density at radius 2 is 1.66 bits per heavy atom. The van der Waals surface area contributed by atoms with Crippen molar-refractivity contribution in [3.05, 3.63) is 35.9 Å². The fourth-order valence-electron chi connectivity index (χ4n) is 5.68. The monoisotopic (exact) mass is 615 g/mol. The Morgan fingerprint density at radius 3 is 2.39 bits per heavy atom. The highest BCUT2D eigenvalue weighted by Crippen LogP contribution is 2.25. The third kappa shape index (κ3) is 11.2. The second kappa shape index (κ2) is 19.0. The van der Waals surface area contributed by atoms with E-state index in [0.717, 1.165) is 31.2 Å². The molecule has 3 atom stereocenters. The number of rotatable bonds is 18. The van der Waals surface area contributed by atoms with E-state index in [1.165, 1.54) is 12.1 Å². The number of esters is 2. The summed E-state index contributed by atoms with van der Waals surface area (Å²) in [5.41, 5.74) is 0.984. The van der Waals surface area contributed by atoms with Gasteiger partial charge in [0.25, 0.3) is 5.91 Å². The largest absolute Gasteiger partial charge is 0.467 e. The Balaban J connectivity index is 1.32. The summed E-state index contributed by atoms with van der Waals surface area (Å²) in [5, 5.41) is 12.5. The van der Waals surface area contributed by atoms with E-state index in [1.54, 1.807) is 6.92 Å². The topological polar surface area (TPSA) is 146 Å². The molecule has 0 radical (unpaired) electrons. The number of nitrogens with zero attached hydrogens (tertiary/aromatic N) is 2. The molecule has 244 valence electrons. The van der Waals surface area contributed by atoms with Gasteiger partial charge in [0.05, 0.1) is 26.2 Å². The Bertz CT molecular complexity index is 1090. The minimum Gasteiger partial charge on any atom is -0.467 e. The molecule has 12 nitrogen and oxygen atoms in total. The normalized spacial score (nSPS) is 19.0. The zero-order valence-electron chi connectivity index (χ0n) is 26.2. The third-order valence-electron chi connectivity index (χ3n) is 7.99. The highest BCUT2D eigenvalue weighted by molar-refractivity contribution is 5.88. The fraction of sp³-hybridized carbons (Fsp3) is 0.656. The van der Waals surface area contributed by atoms with E-state index in [-0.39, 0.29) is 24.3 Å². The maximum absolute atomic E-state index is 13.4. The zero-order valence-corrected chi connectivity index (χ0v) is 26.2. The Kier molecular flexibility index (Phi) is 15.1. The maximum Gasteiger partial charge on any atom is 0.330 e. The molecule has 2 fully saturated rings. The predicted octanol–water partition coefficient (Wildman–Crippen LogP) is 1.87. The minimum atomic E-state index is -0.666. The van der Waals surface area contributed by atoms with E-state index >= 15 is 0 Å². The number of unbranched alkanes of at least 4 members (excludes halogenated alkanes) is 3. The first-order valence-corrected chi connectivity index (χ1v) is 16.0. The minimum absolute atomic E-state index is 0.000488. The van der Waals surface area contributed by atoms with Crippen LogP contribution in [0.5, 0.6) is 0 Å². The van der Waals surface area contributed by atoms with Gasteiger partial charge in [0.15, 0.2) is 0 Å². The Hall–Kier alpha value is -3.51. The molecule has 1 aromatic carbocycles. The van der Waals surface area contributed by atoms with Crippen molar-refractivity contribution >= 4 is 29.7 Å². The summed E-state index contributed by atoms with van der Waals surface area (Å²) in [6.07, 6.45) is 6.87. The molecule has 2 aliphatic rings. The lowest BCUT2D eigenvalue weighted by molar-refractivity contribution is -0.185. The van der Waals surface area contributed by atoms with E-state index in [9.17, 15) is 24.0 Å². The molecule has 0 aromatic heterocycles. The van der Waals surface area contributed by atoms with Gasteiger partial charge in [0.1, 0.15) is 12.1 Å². The van der Waals surface area contributed by atoms with Crippen LogP contribution in [0.25, 0.3) is 0 Å². The Morgan fingerprint density at radius 1 is 0.932 bits per heavy atom. The summed E-state index contributed by atoms with van der Waals surface area (Å²) in [5.74, 6) is -1.10. The number of nitrogens with one attached hydrogen (secondary N) is 3. The number of carbonyl (C=O) groups excluding carboxylic acids is 5. The first-order valence-electron chi connectivity index (χ1n) is 16.0. The Labute approximate surface area is 260 Å². The summed E-state index contributed by atoms with van der Waals surface area (Å²) in [6, 6.07) is 7.69. The lowest BCUT2D eigenvalue weighted by Crippen LogP contribution is -2.67. The van der Waals surface area contributed by atoms with Crippen molar-refractivity contribution in [3.8, 4) is 0 Å². The molecule has 3 amide bonds. The van der Waals surface area contributed by atoms with E-state index < -0.39 is 30.1 Å². The highest BCUT2D eigenvalue weighted by atomic mass is 16.5. The van der Waals surface area contributed by atoms with Crippen LogP contribution in [0.15, 0.2) is 30.3 Å². The average molecular weight is 616 g/mol. The summed E-state index contributed by atoms with van der Waals surface area (Å²) in [6.45, 7) is 4.36. The lowest BCUT2D eigenvalue weighted by Gasteiger charge is -2.48. The summed E-state index contributed by atoms with van der Waals surface area (Å²) < 4.78 is 10.2. The second-order valence-corrected chi connectivity index (χ2v) is 11.3. The molecule has 3 unspecified atom stereocenters. The molecular weight excluding hydrogens is 566 g/mol. The first kappa shape index (κ1) is 35.0. The van der Waals surface area contributed by atoms with Gasteiger partial charge in [-0.25, -0.2) is 9.80 Å². The van der Waals surface area contributed by atoms with Crippen LogP contribution >= 0.6 is 0 Å². The summed E-state index contributed by atoms with van der Waals surface area (Å²) >= 11 is 0. The van der Waals surface area contributed by atoms with Crippen molar-refractivity contribution in [2.75, 3.05) is 39.9 Å². The van der Waals surface area contributed by atoms with Crippen LogP contribution in [0.2, 0.25) is 0 Å². The molecule has 0 aliphatic carbocycles. The number of amides is 3. The van der Waals surface area contributed by atoms with Crippen molar-refractivity contribution in [3.63, 3.8) is 0 Å². The van der Waals surface area contributed by atoms with E-state index in [2.05, 4.69) is 16.0 Å². The van der Waals surface area contributed by atoms with E-state index in [0.29, 0.717) is 71.1 Å². The average Bonchev–Trinajstić information content (AvgIpc) is 3.03. The van der Waals surface area contributed by atoms with Crippen LogP contribution in [0.3, 0.4) is 0 Å². The molecule has 0 spiro atoms. The van der Waals surface area contributed by atoms with Gasteiger partial charge >= 0.3 is 11.9 Å². The lowest BCUT2D eigenvalue weighted by atomic mass is 10.0. The van der Waals surface area contributed by atoms with Crippen LogP contribution in [0, 0.1) is 0 Å². The van der Waals surface area contributed by atoms with Crippen LogP contribution < -0.4 is 16.0 Å². The van der Waals surface area contributed by atoms with Crippen molar-refractivity contribution in [1.82, 2.24) is 26.0 Å². The smallest absolute Gasteiger partial charge is 0.330 e. The standard InChI is InChI=1S/C32H49N5O7/c1-3-44-31(41)26(35-25-18-22-36-21-12-16-27(32(42)43-2)37(36)30(25)40)15-9-11-20-33-28(38)17-8-5-10-19-34-29(39)23-24-13-6-4-7-14-24/h4,6-7,13-14,25-27,35H,3,5,8-12,15-23H2,1-2H3,(H,33,38)(H,34,39). The molecule has 44 heavy (non-hydrogen) atoms. The fourth-order valence-corrected chi connectivity index (χ4v) is 5.68. The van der Waals surface area contributed by atoms with Crippen LogP contribution in [0.4, 0.5) is 0 Å². The van der Waals surface area contributed by atoms with Gasteiger partial charge in [-0.15, -0.1) is 0 Å². The van der Waals surface area contributed by atoms with Crippen LogP contribution in [-0.4, -0.2) is 97.7 Å². The SMILES string of the molecule is CCOC(=O)C(CCCCNC(=O)CCCCCNC(=O)Cc1ccccc1)NC1CCN2CCCC(C(=O)OC)N2C1=O. The van der Waals surface area contributed by atoms with E-state index in [1.807, 2.05) is 35.3 Å². The summed E-state index contributed by atoms with van der Waals surface area (Å²) in [4.78, 5) is 62.7. The molecule has 2 heterocycles. The van der Waals surface area contributed by atoms with Crippen molar-refractivity contribution in [2.45, 2.75) is 95.7 Å². The number of benzene rings is 1. The van der Waals surface area contributed by atoms with Crippen LogP contribution in [-0.2, 0) is 39.9 Å². The van der Waals surface area contributed by atoms with Crippen LogP contribution in [0.1, 0.15) is 76.7 Å². The number of fused-ring (bicyclic) bond motifs is 1. The molecule has 2 saturated heterocycles. The number of ether oxygens (including phenoxy) is 2. The molecule has 0 bridgehead atoms.